The van der Waals surface area contributed by atoms with Gasteiger partial charge in [0.05, 0.1) is 12.1 Å². The SMILES string of the molecule is CSc1nc2nc(C)c(CC(=O)N(C)c3ccccc3Oc3ccccc3)c(C)n2n1. The molecular formula is C23H23N5O2S. The van der Waals surface area contributed by atoms with E-state index in [-0.39, 0.29) is 12.3 Å². The van der Waals surface area contributed by atoms with E-state index in [2.05, 4.69) is 15.1 Å². The van der Waals surface area contributed by atoms with Gasteiger partial charge in [-0.2, -0.15) is 4.98 Å². The van der Waals surface area contributed by atoms with Crippen LogP contribution in [0.5, 0.6) is 11.5 Å². The van der Waals surface area contributed by atoms with Gasteiger partial charge in [-0.05, 0) is 44.4 Å². The van der Waals surface area contributed by atoms with Gasteiger partial charge in [-0.3, -0.25) is 4.79 Å². The Balaban J connectivity index is 1.61. The summed E-state index contributed by atoms with van der Waals surface area (Å²) in [5, 5.41) is 5.12. The van der Waals surface area contributed by atoms with Crippen LogP contribution in [0, 0.1) is 13.8 Å². The number of fused-ring (bicyclic) bond motifs is 1. The molecule has 7 nitrogen and oxygen atoms in total. The van der Waals surface area contributed by atoms with E-state index in [0.717, 1.165) is 17.0 Å². The summed E-state index contributed by atoms with van der Waals surface area (Å²) in [6.07, 6.45) is 2.12. The maximum Gasteiger partial charge on any atom is 0.253 e. The molecule has 2 heterocycles. The molecule has 158 valence electrons. The number of hydrogen-bond donors (Lipinski definition) is 0. The zero-order chi connectivity index (χ0) is 22.0. The summed E-state index contributed by atoms with van der Waals surface area (Å²) >= 11 is 1.46. The number of benzene rings is 2. The lowest BCUT2D eigenvalue weighted by Gasteiger charge is -2.21. The predicted octanol–water partition coefficient (Wildman–Crippen LogP) is 4.46. The highest BCUT2D eigenvalue weighted by molar-refractivity contribution is 7.98. The summed E-state index contributed by atoms with van der Waals surface area (Å²) in [5.74, 6) is 1.81. The van der Waals surface area contributed by atoms with Gasteiger partial charge in [0.25, 0.3) is 5.78 Å². The summed E-state index contributed by atoms with van der Waals surface area (Å²) in [6, 6.07) is 17.0. The highest BCUT2D eigenvalue weighted by atomic mass is 32.2. The van der Waals surface area contributed by atoms with E-state index in [1.54, 1.807) is 16.5 Å². The number of carbonyl (C=O) groups is 1. The first-order valence-electron chi connectivity index (χ1n) is 9.83. The molecule has 0 bridgehead atoms. The molecule has 4 aromatic rings. The molecule has 1 amide bonds. The van der Waals surface area contributed by atoms with E-state index in [1.165, 1.54) is 11.8 Å². The van der Waals surface area contributed by atoms with Crippen LogP contribution in [-0.2, 0) is 11.2 Å². The fourth-order valence-corrected chi connectivity index (χ4v) is 3.71. The topological polar surface area (TPSA) is 72.6 Å². The number of anilines is 1. The van der Waals surface area contributed by atoms with Crippen molar-refractivity contribution in [3.63, 3.8) is 0 Å². The zero-order valence-corrected chi connectivity index (χ0v) is 18.7. The molecule has 0 fully saturated rings. The number of aromatic nitrogens is 4. The lowest BCUT2D eigenvalue weighted by atomic mass is 10.1. The number of aryl methyl sites for hydroxylation is 2. The van der Waals surface area contributed by atoms with Gasteiger partial charge in [0.1, 0.15) is 5.75 Å². The van der Waals surface area contributed by atoms with Crippen LogP contribution in [0.4, 0.5) is 5.69 Å². The molecule has 0 saturated heterocycles. The number of para-hydroxylation sites is 3. The standard InChI is InChI=1S/C23H23N5O2S/c1-15-18(16(2)28-22(24-15)25-23(26-28)31-4)14-21(29)27(3)19-12-8-9-13-20(19)30-17-10-6-5-7-11-17/h5-13H,14H2,1-4H3. The molecule has 0 spiro atoms. The third-order valence-corrected chi connectivity index (χ3v) is 5.65. The molecule has 0 saturated carbocycles. The minimum atomic E-state index is -0.0679. The number of ether oxygens (including phenoxy) is 1. The van der Waals surface area contributed by atoms with Crippen LogP contribution in [0.3, 0.4) is 0 Å². The molecule has 0 aliphatic heterocycles. The van der Waals surface area contributed by atoms with Crippen LogP contribution >= 0.6 is 11.8 Å². The van der Waals surface area contributed by atoms with E-state index in [1.807, 2.05) is 74.7 Å². The Hall–Kier alpha value is -3.39. The van der Waals surface area contributed by atoms with Crippen LogP contribution in [0.1, 0.15) is 17.0 Å². The predicted molar refractivity (Wildman–Crippen MR) is 122 cm³/mol. The Bertz CT molecular complexity index is 1240. The fraction of sp³-hybridized carbons (Fsp3) is 0.217. The summed E-state index contributed by atoms with van der Waals surface area (Å²) in [4.78, 5) is 23.8. The lowest BCUT2D eigenvalue weighted by Crippen LogP contribution is -2.29. The number of thioether (sulfide) groups is 1. The Morgan fingerprint density at radius 1 is 1.06 bits per heavy atom. The molecule has 0 unspecified atom stereocenters. The van der Waals surface area contributed by atoms with Crippen molar-refractivity contribution in [3.8, 4) is 11.5 Å². The number of hydrogen-bond acceptors (Lipinski definition) is 6. The average Bonchev–Trinajstić information content (AvgIpc) is 3.20. The third kappa shape index (κ3) is 4.25. The normalized spacial score (nSPS) is 11.0. The molecule has 0 atom stereocenters. The summed E-state index contributed by atoms with van der Waals surface area (Å²) < 4.78 is 7.72. The Morgan fingerprint density at radius 2 is 1.77 bits per heavy atom. The zero-order valence-electron chi connectivity index (χ0n) is 17.9. The largest absolute Gasteiger partial charge is 0.455 e. The quantitative estimate of drug-likeness (QED) is 0.418. The number of likely N-dealkylation sites (N-methyl/N-ethyl adjacent to an activating group) is 1. The van der Waals surface area contributed by atoms with Crippen molar-refractivity contribution in [3.05, 3.63) is 71.5 Å². The highest BCUT2D eigenvalue weighted by Gasteiger charge is 2.20. The van der Waals surface area contributed by atoms with Crippen LogP contribution in [0.2, 0.25) is 0 Å². The number of amides is 1. The van der Waals surface area contributed by atoms with Crippen LogP contribution in [-0.4, -0.2) is 38.8 Å². The Kier molecular flexibility index (Phi) is 5.90. The van der Waals surface area contributed by atoms with Crippen molar-refractivity contribution < 1.29 is 9.53 Å². The van der Waals surface area contributed by atoms with Gasteiger partial charge in [-0.25, -0.2) is 9.50 Å². The first-order chi connectivity index (χ1) is 15.0. The number of carbonyl (C=O) groups excluding carboxylic acids is 1. The van der Waals surface area contributed by atoms with Crippen molar-refractivity contribution >= 4 is 29.1 Å². The second kappa shape index (κ2) is 8.77. The van der Waals surface area contributed by atoms with Gasteiger partial charge in [-0.15, -0.1) is 5.10 Å². The number of rotatable bonds is 6. The smallest absolute Gasteiger partial charge is 0.253 e. The third-order valence-electron chi connectivity index (χ3n) is 5.11. The first kappa shape index (κ1) is 20.9. The minimum Gasteiger partial charge on any atom is -0.455 e. The Morgan fingerprint density at radius 3 is 2.52 bits per heavy atom. The monoisotopic (exact) mass is 433 g/mol. The van der Waals surface area contributed by atoms with E-state index >= 15 is 0 Å². The van der Waals surface area contributed by atoms with Crippen molar-refractivity contribution in [2.45, 2.75) is 25.4 Å². The summed E-state index contributed by atoms with van der Waals surface area (Å²) in [7, 11) is 1.76. The average molecular weight is 434 g/mol. The van der Waals surface area contributed by atoms with E-state index < -0.39 is 0 Å². The van der Waals surface area contributed by atoms with Crippen molar-refractivity contribution in [1.82, 2.24) is 19.6 Å². The molecule has 2 aromatic heterocycles. The molecule has 0 aliphatic rings. The van der Waals surface area contributed by atoms with Gasteiger partial charge in [-0.1, -0.05) is 42.1 Å². The summed E-state index contributed by atoms with van der Waals surface area (Å²) in [6.45, 7) is 3.84. The molecule has 8 heteroatoms. The maximum atomic E-state index is 13.2. The second-order valence-corrected chi connectivity index (χ2v) is 7.86. The van der Waals surface area contributed by atoms with Crippen molar-refractivity contribution in [2.75, 3.05) is 18.2 Å². The van der Waals surface area contributed by atoms with Crippen LogP contribution < -0.4 is 9.64 Å². The molecule has 0 aliphatic carbocycles. The van der Waals surface area contributed by atoms with Crippen molar-refractivity contribution in [1.29, 1.82) is 0 Å². The maximum absolute atomic E-state index is 13.2. The van der Waals surface area contributed by atoms with Gasteiger partial charge in [0.2, 0.25) is 11.1 Å². The van der Waals surface area contributed by atoms with Crippen LogP contribution in [0.25, 0.3) is 5.78 Å². The number of nitrogens with zero attached hydrogens (tertiary/aromatic N) is 5. The Labute approximate surface area is 185 Å². The summed E-state index contributed by atoms with van der Waals surface area (Å²) in [5.41, 5.74) is 3.20. The van der Waals surface area contributed by atoms with Gasteiger partial charge >= 0.3 is 0 Å². The molecule has 31 heavy (non-hydrogen) atoms. The van der Waals surface area contributed by atoms with Crippen molar-refractivity contribution in [2.24, 2.45) is 0 Å². The molecule has 2 aromatic carbocycles. The van der Waals surface area contributed by atoms with E-state index in [4.69, 9.17) is 4.74 Å². The highest BCUT2D eigenvalue weighted by Crippen LogP contribution is 2.32. The molecular weight excluding hydrogens is 410 g/mol. The fourth-order valence-electron chi connectivity index (χ4n) is 3.37. The molecule has 4 rings (SSSR count). The van der Waals surface area contributed by atoms with Gasteiger partial charge in [0.15, 0.2) is 5.75 Å². The second-order valence-electron chi connectivity index (χ2n) is 7.08. The van der Waals surface area contributed by atoms with E-state index in [0.29, 0.717) is 28.1 Å². The first-order valence-corrected chi connectivity index (χ1v) is 11.1. The lowest BCUT2D eigenvalue weighted by molar-refractivity contribution is -0.117. The molecule has 0 radical (unpaired) electrons. The molecule has 0 N–H and O–H groups in total. The van der Waals surface area contributed by atoms with Gasteiger partial charge in [0, 0.05) is 24.0 Å². The minimum absolute atomic E-state index is 0.0679. The van der Waals surface area contributed by atoms with Gasteiger partial charge < -0.3 is 9.64 Å². The van der Waals surface area contributed by atoms with E-state index in [9.17, 15) is 4.79 Å². The van der Waals surface area contributed by atoms with Crippen LogP contribution in [0.15, 0.2) is 59.8 Å².